The molecule has 0 fully saturated rings. The number of hydrogen-bond acceptors (Lipinski definition) is 4. The number of aromatic nitrogens is 4. The molecule has 2 aromatic rings. The summed E-state index contributed by atoms with van der Waals surface area (Å²) < 4.78 is 1.55. The van der Waals surface area contributed by atoms with Gasteiger partial charge in [-0.2, -0.15) is 5.10 Å². The molecule has 0 radical (unpaired) electrons. The number of Topliss-reactive ketones (excluding diaryl/α,β-unsaturated/α-hetero) is 1. The van der Waals surface area contributed by atoms with Crippen molar-refractivity contribution in [3.8, 4) is 0 Å². The second kappa shape index (κ2) is 3.78. The largest absolute Gasteiger partial charge is 0.290 e. The Morgan fingerprint density at radius 2 is 2.29 bits per heavy atom. The molecule has 2 heterocycles. The summed E-state index contributed by atoms with van der Waals surface area (Å²) in [7, 11) is 0. The Kier molecular flexibility index (Phi) is 2.31. The summed E-state index contributed by atoms with van der Waals surface area (Å²) >= 11 is 0. The maximum atomic E-state index is 11.5. The maximum absolute atomic E-state index is 11.5. The standard InChI is InChI=1S/C9H8N4O/c14-9(7-13-5-1-2-12-13)8-6-10-3-4-11-8/h1-6H,7H2. The Morgan fingerprint density at radius 3 is 2.93 bits per heavy atom. The molecule has 0 N–H and O–H groups in total. The minimum Gasteiger partial charge on any atom is -0.290 e. The van der Waals surface area contributed by atoms with Crippen molar-refractivity contribution in [1.29, 1.82) is 0 Å². The quantitative estimate of drug-likeness (QED) is 0.660. The van der Waals surface area contributed by atoms with Gasteiger partial charge in [-0.3, -0.25) is 14.5 Å². The molecule has 5 heteroatoms. The predicted molar refractivity (Wildman–Crippen MR) is 48.6 cm³/mol. The second-order valence-electron chi connectivity index (χ2n) is 2.72. The number of ketones is 1. The molecule has 5 nitrogen and oxygen atoms in total. The van der Waals surface area contributed by atoms with Crippen molar-refractivity contribution in [3.05, 3.63) is 42.7 Å². The van der Waals surface area contributed by atoms with Crippen molar-refractivity contribution in [1.82, 2.24) is 19.7 Å². The average molecular weight is 188 g/mol. The zero-order valence-electron chi connectivity index (χ0n) is 7.37. The van der Waals surface area contributed by atoms with Crippen LogP contribution in [0.1, 0.15) is 10.5 Å². The molecular weight excluding hydrogens is 180 g/mol. The molecule has 0 spiro atoms. The summed E-state index contributed by atoms with van der Waals surface area (Å²) in [5.74, 6) is -0.0956. The Hall–Kier alpha value is -2.04. The van der Waals surface area contributed by atoms with Crippen molar-refractivity contribution >= 4 is 5.78 Å². The van der Waals surface area contributed by atoms with Crippen LogP contribution in [0.25, 0.3) is 0 Å². The maximum Gasteiger partial charge on any atom is 0.204 e. The minimum atomic E-state index is -0.0956. The first kappa shape index (κ1) is 8.55. The van der Waals surface area contributed by atoms with E-state index in [9.17, 15) is 4.79 Å². The van der Waals surface area contributed by atoms with Gasteiger partial charge in [-0.1, -0.05) is 0 Å². The average Bonchev–Trinajstić information content (AvgIpc) is 2.72. The number of rotatable bonds is 3. The highest BCUT2D eigenvalue weighted by Gasteiger charge is 2.07. The molecule has 0 aliphatic heterocycles. The molecule has 0 saturated heterocycles. The summed E-state index contributed by atoms with van der Waals surface area (Å²) in [6.45, 7) is 0.200. The molecule has 0 aliphatic carbocycles. The van der Waals surface area contributed by atoms with Gasteiger partial charge >= 0.3 is 0 Å². The lowest BCUT2D eigenvalue weighted by Gasteiger charge is -1.99. The highest BCUT2D eigenvalue weighted by molar-refractivity contribution is 5.93. The van der Waals surface area contributed by atoms with Crippen LogP contribution in [0.3, 0.4) is 0 Å². The van der Waals surface area contributed by atoms with E-state index in [-0.39, 0.29) is 12.3 Å². The van der Waals surface area contributed by atoms with Crippen LogP contribution in [0.15, 0.2) is 37.1 Å². The molecule has 2 rings (SSSR count). The smallest absolute Gasteiger partial charge is 0.204 e. The van der Waals surface area contributed by atoms with Gasteiger partial charge in [0.1, 0.15) is 12.2 Å². The van der Waals surface area contributed by atoms with Crippen molar-refractivity contribution < 1.29 is 4.79 Å². The first-order valence-corrected chi connectivity index (χ1v) is 4.13. The normalized spacial score (nSPS) is 10.0. The van der Waals surface area contributed by atoms with Crippen molar-refractivity contribution in [3.63, 3.8) is 0 Å². The van der Waals surface area contributed by atoms with E-state index in [1.165, 1.54) is 18.6 Å². The molecule has 70 valence electrons. The van der Waals surface area contributed by atoms with Gasteiger partial charge in [-0.05, 0) is 6.07 Å². The molecule has 0 bridgehead atoms. The molecule has 0 saturated carbocycles. The summed E-state index contributed by atoms with van der Waals surface area (Å²) in [4.78, 5) is 19.3. The van der Waals surface area contributed by atoms with Gasteiger partial charge in [0.05, 0.1) is 6.20 Å². The van der Waals surface area contributed by atoms with Crippen LogP contribution in [0, 0.1) is 0 Å². The lowest BCUT2D eigenvalue weighted by atomic mass is 10.3. The SMILES string of the molecule is O=C(Cn1cccn1)c1cnccn1. The van der Waals surface area contributed by atoms with Gasteiger partial charge in [0.15, 0.2) is 0 Å². The van der Waals surface area contributed by atoms with E-state index in [0.29, 0.717) is 5.69 Å². The molecule has 2 aromatic heterocycles. The number of hydrogen-bond donors (Lipinski definition) is 0. The molecule has 0 aliphatic rings. The van der Waals surface area contributed by atoms with Crippen LogP contribution >= 0.6 is 0 Å². The monoisotopic (exact) mass is 188 g/mol. The van der Waals surface area contributed by atoms with Crippen LogP contribution in [-0.4, -0.2) is 25.5 Å². The van der Waals surface area contributed by atoms with Crippen LogP contribution in [-0.2, 0) is 6.54 Å². The first-order valence-electron chi connectivity index (χ1n) is 4.13. The van der Waals surface area contributed by atoms with Gasteiger partial charge in [-0.15, -0.1) is 0 Å². The predicted octanol–water partition coefficient (Wildman–Crippen LogP) is 0.556. The molecular formula is C9H8N4O. The highest BCUT2D eigenvalue weighted by atomic mass is 16.1. The van der Waals surface area contributed by atoms with Crippen molar-refractivity contribution in [2.24, 2.45) is 0 Å². The van der Waals surface area contributed by atoms with Crippen LogP contribution in [0.2, 0.25) is 0 Å². The van der Waals surface area contributed by atoms with Gasteiger partial charge in [0.25, 0.3) is 0 Å². The zero-order chi connectivity index (χ0) is 9.80. The minimum absolute atomic E-state index is 0.0956. The van der Waals surface area contributed by atoms with E-state index in [1.54, 1.807) is 23.1 Å². The van der Waals surface area contributed by atoms with Gasteiger partial charge < -0.3 is 0 Å². The zero-order valence-corrected chi connectivity index (χ0v) is 7.37. The number of carbonyl (C=O) groups is 1. The van der Waals surface area contributed by atoms with Crippen LogP contribution < -0.4 is 0 Å². The van der Waals surface area contributed by atoms with E-state index in [2.05, 4.69) is 15.1 Å². The molecule has 0 aromatic carbocycles. The van der Waals surface area contributed by atoms with Crippen molar-refractivity contribution in [2.75, 3.05) is 0 Å². The first-order chi connectivity index (χ1) is 6.86. The second-order valence-corrected chi connectivity index (χ2v) is 2.72. The summed E-state index contributed by atoms with van der Waals surface area (Å²) in [5.41, 5.74) is 0.364. The molecule has 0 unspecified atom stereocenters. The summed E-state index contributed by atoms with van der Waals surface area (Å²) in [5, 5.41) is 3.93. The van der Waals surface area contributed by atoms with E-state index in [1.807, 2.05) is 0 Å². The molecule has 0 amide bonds. The van der Waals surface area contributed by atoms with E-state index in [4.69, 9.17) is 0 Å². The van der Waals surface area contributed by atoms with Crippen LogP contribution in [0.4, 0.5) is 0 Å². The van der Waals surface area contributed by atoms with E-state index >= 15 is 0 Å². The van der Waals surface area contributed by atoms with Gasteiger partial charge in [0.2, 0.25) is 5.78 Å². The Labute approximate surface area is 80.4 Å². The topological polar surface area (TPSA) is 60.7 Å². The third-order valence-electron chi connectivity index (χ3n) is 1.71. The molecule has 0 atom stereocenters. The van der Waals surface area contributed by atoms with Crippen LogP contribution in [0.5, 0.6) is 0 Å². The highest BCUT2D eigenvalue weighted by Crippen LogP contribution is 1.95. The Bertz CT molecular complexity index is 410. The third kappa shape index (κ3) is 1.82. The lowest BCUT2D eigenvalue weighted by molar-refractivity contribution is 0.0962. The fourth-order valence-corrected chi connectivity index (χ4v) is 1.07. The van der Waals surface area contributed by atoms with E-state index < -0.39 is 0 Å². The fraction of sp³-hybridized carbons (Fsp3) is 0.111. The lowest BCUT2D eigenvalue weighted by Crippen LogP contribution is -2.12. The number of carbonyl (C=O) groups excluding carboxylic acids is 1. The Balaban J connectivity index is 2.11. The number of nitrogens with zero attached hydrogens (tertiary/aromatic N) is 4. The van der Waals surface area contributed by atoms with Gasteiger partial charge in [-0.25, -0.2) is 4.98 Å². The third-order valence-corrected chi connectivity index (χ3v) is 1.71. The Morgan fingerprint density at radius 1 is 1.36 bits per heavy atom. The summed E-state index contributed by atoms with van der Waals surface area (Å²) in [6.07, 6.45) is 7.84. The fourth-order valence-electron chi connectivity index (χ4n) is 1.07. The molecule has 14 heavy (non-hydrogen) atoms. The van der Waals surface area contributed by atoms with E-state index in [0.717, 1.165) is 0 Å². The summed E-state index contributed by atoms with van der Waals surface area (Å²) in [6, 6.07) is 1.77. The van der Waals surface area contributed by atoms with Crippen molar-refractivity contribution in [2.45, 2.75) is 6.54 Å². The van der Waals surface area contributed by atoms with Gasteiger partial charge in [0, 0.05) is 24.8 Å².